The lowest BCUT2D eigenvalue weighted by Crippen LogP contribution is -2.51. The number of para-hydroxylation sites is 1. The molecule has 3 aromatic carbocycles. The van der Waals surface area contributed by atoms with E-state index < -0.39 is 21.9 Å². The van der Waals surface area contributed by atoms with Crippen molar-refractivity contribution in [1.82, 2.24) is 10.2 Å². The van der Waals surface area contributed by atoms with Crippen molar-refractivity contribution in [2.45, 2.75) is 51.7 Å². The highest BCUT2D eigenvalue weighted by molar-refractivity contribution is 7.92. The number of benzene rings is 3. The third kappa shape index (κ3) is 9.45. The lowest BCUT2D eigenvalue weighted by atomic mass is 10.0. The first-order valence-corrected chi connectivity index (χ1v) is 15.8. The first kappa shape index (κ1) is 32.4. The van der Waals surface area contributed by atoms with Crippen LogP contribution in [0.4, 0.5) is 10.1 Å². The average Bonchev–Trinajstić information content (AvgIpc) is 2.90. The standard InChI is InChI=1S/C30H34Cl2FN3O4S/c1-21(2)34-30(38)28(19-22-10-5-4-6-11-22)35(20-23-15-16-24(31)25(32)18-23)29(37)14-9-17-36(41(3,39)40)27-13-8-7-12-26(27)33/h4-8,10-13,15-16,18,21,28H,9,14,17,19-20H2,1-3H3,(H,34,38). The Balaban J connectivity index is 1.91. The smallest absolute Gasteiger partial charge is 0.243 e. The van der Waals surface area contributed by atoms with E-state index in [0.29, 0.717) is 15.6 Å². The molecule has 0 heterocycles. The van der Waals surface area contributed by atoms with Gasteiger partial charge in [-0.05, 0) is 55.7 Å². The summed E-state index contributed by atoms with van der Waals surface area (Å²) in [7, 11) is -3.82. The van der Waals surface area contributed by atoms with Gasteiger partial charge < -0.3 is 10.2 Å². The molecule has 0 bridgehead atoms. The Morgan fingerprint density at radius 1 is 0.927 bits per heavy atom. The molecule has 1 unspecified atom stereocenters. The summed E-state index contributed by atoms with van der Waals surface area (Å²) in [5.74, 6) is -1.36. The third-order valence-corrected chi connectivity index (χ3v) is 8.23. The molecule has 0 saturated carbocycles. The minimum atomic E-state index is -3.82. The van der Waals surface area contributed by atoms with Crippen LogP contribution in [-0.4, -0.2) is 50.0 Å². The van der Waals surface area contributed by atoms with Crippen LogP contribution in [0, 0.1) is 5.82 Å². The topological polar surface area (TPSA) is 86.8 Å². The number of carbonyl (C=O) groups excluding carboxylic acids is 2. The van der Waals surface area contributed by atoms with Crippen LogP contribution in [-0.2, 0) is 32.6 Å². The molecule has 0 saturated heterocycles. The lowest BCUT2D eigenvalue weighted by molar-refractivity contribution is -0.141. The number of hydrogen-bond acceptors (Lipinski definition) is 4. The quantitative estimate of drug-likeness (QED) is 0.260. The van der Waals surface area contributed by atoms with E-state index in [-0.39, 0.29) is 55.9 Å². The second kappa shape index (κ2) is 14.7. The van der Waals surface area contributed by atoms with Gasteiger partial charge in [0.1, 0.15) is 11.9 Å². The predicted octanol–water partition coefficient (Wildman–Crippen LogP) is 5.84. The molecule has 0 aliphatic heterocycles. The van der Waals surface area contributed by atoms with E-state index in [1.807, 2.05) is 44.2 Å². The number of carbonyl (C=O) groups is 2. The maximum Gasteiger partial charge on any atom is 0.243 e. The zero-order valence-electron chi connectivity index (χ0n) is 23.2. The zero-order chi connectivity index (χ0) is 30.2. The molecule has 1 atom stereocenters. The first-order valence-electron chi connectivity index (χ1n) is 13.2. The fourth-order valence-corrected chi connectivity index (χ4v) is 5.69. The number of anilines is 1. The van der Waals surface area contributed by atoms with Crippen LogP contribution < -0.4 is 9.62 Å². The van der Waals surface area contributed by atoms with Crippen LogP contribution in [0.1, 0.15) is 37.8 Å². The van der Waals surface area contributed by atoms with Crippen LogP contribution in [0.15, 0.2) is 72.8 Å². The summed E-state index contributed by atoms with van der Waals surface area (Å²) >= 11 is 12.3. The average molecular weight is 623 g/mol. The molecule has 0 aromatic heterocycles. The van der Waals surface area contributed by atoms with Crippen molar-refractivity contribution < 1.29 is 22.4 Å². The van der Waals surface area contributed by atoms with Crippen LogP contribution in [0.25, 0.3) is 0 Å². The molecule has 2 amide bonds. The summed E-state index contributed by atoms with van der Waals surface area (Å²) in [6.07, 6.45) is 1.27. The van der Waals surface area contributed by atoms with Crippen molar-refractivity contribution in [2.24, 2.45) is 0 Å². The van der Waals surface area contributed by atoms with Crippen molar-refractivity contribution in [1.29, 1.82) is 0 Å². The molecule has 0 aliphatic rings. The Hall–Kier alpha value is -3.14. The zero-order valence-corrected chi connectivity index (χ0v) is 25.5. The summed E-state index contributed by atoms with van der Waals surface area (Å²) in [5.41, 5.74) is 1.45. The van der Waals surface area contributed by atoms with Gasteiger partial charge in [0.2, 0.25) is 21.8 Å². The van der Waals surface area contributed by atoms with Crippen LogP contribution >= 0.6 is 23.2 Å². The van der Waals surface area contributed by atoms with Gasteiger partial charge in [0.05, 0.1) is 22.0 Å². The summed E-state index contributed by atoms with van der Waals surface area (Å²) in [4.78, 5) is 28.8. The van der Waals surface area contributed by atoms with E-state index in [2.05, 4.69) is 5.32 Å². The summed E-state index contributed by atoms with van der Waals surface area (Å²) in [5, 5.41) is 3.60. The molecule has 41 heavy (non-hydrogen) atoms. The minimum Gasteiger partial charge on any atom is -0.352 e. The molecule has 220 valence electrons. The van der Waals surface area contributed by atoms with E-state index >= 15 is 0 Å². The third-order valence-electron chi connectivity index (χ3n) is 6.31. The monoisotopic (exact) mass is 621 g/mol. The van der Waals surface area contributed by atoms with Crippen molar-refractivity contribution in [2.75, 3.05) is 17.1 Å². The number of rotatable bonds is 13. The minimum absolute atomic E-state index is 0.0713. The van der Waals surface area contributed by atoms with E-state index in [1.165, 1.54) is 23.1 Å². The van der Waals surface area contributed by atoms with Crippen molar-refractivity contribution in [3.63, 3.8) is 0 Å². The first-order chi connectivity index (χ1) is 19.4. The Kier molecular flexibility index (Phi) is 11.6. The number of nitrogens with zero attached hydrogens (tertiary/aromatic N) is 2. The highest BCUT2D eigenvalue weighted by Crippen LogP contribution is 2.25. The second-order valence-corrected chi connectivity index (χ2v) is 12.8. The van der Waals surface area contributed by atoms with Crippen molar-refractivity contribution in [3.05, 3.63) is 99.8 Å². The Labute approximate surface area is 251 Å². The molecule has 0 spiro atoms. The number of hydrogen-bond donors (Lipinski definition) is 1. The van der Waals surface area contributed by atoms with E-state index in [9.17, 15) is 22.4 Å². The Morgan fingerprint density at radius 3 is 2.20 bits per heavy atom. The fourth-order valence-electron chi connectivity index (χ4n) is 4.41. The molecule has 1 N–H and O–H groups in total. The molecule has 7 nitrogen and oxygen atoms in total. The predicted molar refractivity (Wildman–Crippen MR) is 162 cm³/mol. The van der Waals surface area contributed by atoms with Crippen molar-refractivity contribution in [3.8, 4) is 0 Å². The van der Waals surface area contributed by atoms with Crippen LogP contribution in [0.2, 0.25) is 10.0 Å². The highest BCUT2D eigenvalue weighted by Gasteiger charge is 2.31. The maximum atomic E-state index is 14.4. The number of nitrogens with one attached hydrogen (secondary N) is 1. The van der Waals surface area contributed by atoms with Crippen LogP contribution in [0.5, 0.6) is 0 Å². The van der Waals surface area contributed by atoms with Gasteiger partial charge in [-0.25, -0.2) is 12.8 Å². The van der Waals surface area contributed by atoms with Gasteiger partial charge in [-0.3, -0.25) is 13.9 Å². The Morgan fingerprint density at radius 2 is 1.59 bits per heavy atom. The normalized spacial score (nSPS) is 12.2. The molecule has 11 heteroatoms. The fraction of sp³-hybridized carbons (Fsp3) is 0.333. The molecule has 0 aliphatic carbocycles. The van der Waals surface area contributed by atoms with E-state index in [1.54, 1.807) is 24.3 Å². The van der Waals surface area contributed by atoms with Gasteiger partial charge in [-0.15, -0.1) is 0 Å². The summed E-state index contributed by atoms with van der Waals surface area (Å²) in [6.45, 7) is 3.63. The molecular weight excluding hydrogens is 588 g/mol. The van der Waals surface area contributed by atoms with E-state index in [4.69, 9.17) is 23.2 Å². The summed E-state index contributed by atoms with van der Waals surface area (Å²) < 4.78 is 40.4. The van der Waals surface area contributed by atoms with Gasteiger partial charge in [-0.1, -0.05) is 71.7 Å². The van der Waals surface area contributed by atoms with Gasteiger partial charge >= 0.3 is 0 Å². The van der Waals surface area contributed by atoms with E-state index in [0.717, 1.165) is 16.1 Å². The molecule has 3 rings (SSSR count). The highest BCUT2D eigenvalue weighted by atomic mass is 35.5. The lowest BCUT2D eigenvalue weighted by Gasteiger charge is -2.32. The molecular formula is C30H34Cl2FN3O4S. The SMILES string of the molecule is CC(C)NC(=O)C(Cc1ccccc1)N(Cc1ccc(Cl)c(Cl)c1)C(=O)CCCN(c1ccccc1F)S(C)(=O)=O. The molecule has 0 radical (unpaired) electrons. The number of sulfonamides is 1. The van der Waals surface area contributed by atoms with Gasteiger partial charge in [-0.2, -0.15) is 0 Å². The van der Waals surface area contributed by atoms with Gasteiger partial charge in [0, 0.05) is 32.0 Å². The molecule has 3 aromatic rings. The largest absolute Gasteiger partial charge is 0.352 e. The van der Waals surface area contributed by atoms with Gasteiger partial charge in [0.25, 0.3) is 0 Å². The van der Waals surface area contributed by atoms with Crippen LogP contribution in [0.3, 0.4) is 0 Å². The molecule has 0 fully saturated rings. The number of amides is 2. The number of halogens is 3. The second-order valence-electron chi connectivity index (χ2n) is 10.0. The summed E-state index contributed by atoms with van der Waals surface area (Å²) in [6, 6.07) is 18.9. The van der Waals surface area contributed by atoms with Crippen molar-refractivity contribution >= 4 is 50.7 Å². The van der Waals surface area contributed by atoms with Gasteiger partial charge in [0.15, 0.2) is 0 Å². The maximum absolute atomic E-state index is 14.4. The Bertz CT molecular complexity index is 1460.